The summed E-state index contributed by atoms with van der Waals surface area (Å²) in [7, 11) is 0. The second-order valence-corrected chi connectivity index (χ2v) is 5.25. The number of benzene rings is 1. The van der Waals surface area contributed by atoms with Crippen molar-refractivity contribution in [3.05, 3.63) is 59.9 Å². The summed E-state index contributed by atoms with van der Waals surface area (Å²) >= 11 is 0. The molecule has 0 aliphatic carbocycles. The van der Waals surface area contributed by atoms with Crippen LogP contribution < -0.4 is 10.2 Å². The predicted molar refractivity (Wildman–Crippen MR) is 90.6 cm³/mol. The van der Waals surface area contributed by atoms with E-state index in [2.05, 4.69) is 29.4 Å². The molecule has 2 rings (SSSR count). The third-order valence-corrected chi connectivity index (χ3v) is 3.52. The summed E-state index contributed by atoms with van der Waals surface area (Å²) in [6.45, 7) is 4.27. The third-order valence-electron chi connectivity index (χ3n) is 3.52. The van der Waals surface area contributed by atoms with E-state index in [0.29, 0.717) is 11.7 Å². The van der Waals surface area contributed by atoms with Crippen LogP contribution in [-0.2, 0) is 4.79 Å². The predicted octanol–water partition coefficient (Wildman–Crippen LogP) is 3.12. The van der Waals surface area contributed by atoms with Gasteiger partial charge in [0.2, 0.25) is 0 Å². The molecule has 120 valence electrons. The Balaban J connectivity index is 1.77. The van der Waals surface area contributed by atoms with Gasteiger partial charge in [-0.3, -0.25) is 9.78 Å². The van der Waals surface area contributed by atoms with E-state index in [0.717, 1.165) is 12.0 Å². The molecule has 1 N–H and O–H groups in total. The molecule has 1 atom stereocenters. The number of nitrogens with zero attached hydrogens (tertiary/aromatic N) is 2. The van der Waals surface area contributed by atoms with Crippen molar-refractivity contribution < 1.29 is 9.53 Å². The summed E-state index contributed by atoms with van der Waals surface area (Å²) in [6.07, 6.45) is 5.96. The van der Waals surface area contributed by atoms with Gasteiger partial charge in [0.05, 0.1) is 6.21 Å². The van der Waals surface area contributed by atoms with Gasteiger partial charge in [-0.25, -0.2) is 5.43 Å². The number of hydrogen-bond donors (Lipinski definition) is 1. The Morgan fingerprint density at radius 3 is 2.78 bits per heavy atom. The molecule has 0 aliphatic rings. The zero-order valence-electron chi connectivity index (χ0n) is 13.4. The van der Waals surface area contributed by atoms with Crippen molar-refractivity contribution in [3.8, 4) is 5.75 Å². The highest BCUT2D eigenvalue weighted by Crippen LogP contribution is 2.21. The molecule has 0 radical (unpaired) electrons. The van der Waals surface area contributed by atoms with Gasteiger partial charge >= 0.3 is 0 Å². The van der Waals surface area contributed by atoms with Crippen LogP contribution in [-0.4, -0.2) is 23.7 Å². The van der Waals surface area contributed by atoms with E-state index in [9.17, 15) is 4.79 Å². The van der Waals surface area contributed by atoms with Crippen LogP contribution in [0.2, 0.25) is 0 Å². The van der Waals surface area contributed by atoms with Crippen molar-refractivity contribution in [2.24, 2.45) is 5.10 Å². The topological polar surface area (TPSA) is 63.6 Å². The van der Waals surface area contributed by atoms with Gasteiger partial charge in [0.1, 0.15) is 5.75 Å². The maximum Gasteiger partial charge on any atom is 0.277 e. The normalized spacial score (nSPS) is 12.1. The van der Waals surface area contributed by atoms with Gasteiger partial charge in [0.15, 0.2) is 6.61 Å². The molecular weight excluding hydrogens is 290 g/mol. The van der Waals surface area contributed by atoms with E-state index in [1.807, 2.05) is 30.3 Å². The van der Waals surface area contributed by atoms with Crippen molar-refractivity contribution in [1.82, 2.24) is 10.4 Å². The van der Waals surface area contributed by atoms with Crippen LogP contribution in [0.5, 0.6) is 5.75 Å². The lowest BCUT2D eigenvalue weighted by atomic mass is 9.99. The molecule has 5 heteroatoms. The van der Waals surface area contributed by atoms with Crippen molar-refractivity contribution >= 4 is 12.1 Å². The van der Waals surface area contributed by atoms with E-state index in [-0.39, 0.29) is 12.5 Å². The minimum atomic E-state index is -0.309. The monoisotopic (exact) mass is 311 g/mol. The summed E-state index contributed by atoms with van der Waals surface area (Å²) < 4.78 is 5.44. The van der Waals surface area contributed by atoms with Crippen molar-refractivity contribution in [1.29, 1.82) is 0 Å². The number of rotatable bonds is 7. The van der Waals surface area contributed by atoms with E-state index in [1.54, 1.807) is 18.5 Å². The number of carbonyl (C=O) groups excluding carboxylic acids is 1. The largest absolute Gasteiger partial charge is 0.484 e. The lowest BCUT2D eigenvalue weighted by Gasteiger charge is -2.10. The average molecular weight is 311 g/mol. The second kappa shape index (κ2) is 8.68. The molecular formula is C18H21N3O2. The minimum Gasteiger partial charge on any atom is -0.484 e. The standard InChI is InChI=1S/C18H21N3O2/c1-3-14(2)16-6-8-17(9-7-16)23-13-18(22)21-20-12-15-5-4-10-19-11-15/h4-12,14H,3,13H2,1-2H3,(H,21,22)/b20-12-/t14-/m1/s1. The van der Waals surface area contributed by atoms with Crippen LogP contribution >= 0.6 is 0 Å². The number of ether oxygens (including phenoxy) is 1. The highest BCUT2D eigenvalue weighted by atomic mass is 16.5. The lowest BCUT2D eigenvalue weighted by Crippen LogP contribution is -2.24. The van der Waals surface area contributed by atoms with Crippen LogP contribution in [0.4, 0.5) is 0 Å². The lowest BCUT2D eigenvalue weighted by molar-refractivity contribution is -0.123. The fourth-order valence-corrected chi connectivity index (χ4v) is 1.94. The smallest absolute Gasteiger partial charge is 0.277 e. The molecule has 1 aromatic carbocycles. The zero-order chi connectivity index (χ0) is 16.5. The molecule has 0 saturated heterocycles. The summed E-state index contributed by atoms with van der Waals surface area (Å²) in [5.74, 6) is 0.883. The molecule has 0 bridgehead atoms. The van der Waals surface area contributed by atoms with Crippen LogP contribution in [0.25, 0.3) is 0 Å². The average Bonchev–Trinajstić information content (AvgIpc) is 2.60. The quantitative estimate of drug-likeness (QED) is 0.631. The Hall–Kier alpha value is -2.69. The molecule has 1 heterocycles. The van der Waals surface area contributed by atoms with Crippen LogP contribution in [0.3, 0.4) is 0 Å². The first-order valence-electron chi connectivity index (χ1n) is 7.63. The number of hydrogen-bond acceptors (Lipinski definition) is 4. The Labute approximate surface area is 136 Å². The van der Waals surface area contributed by atoms with Gasteiger partial charge in [0.25, 0.3) is 5.91 Å². The Kier molecular flexibility index (Phi) is 6.29. The molecule has 23 heavy (non-hydrogen) atoms. The van der Waals surface area contributed by atoms with E-state index < -0.39 is 0 Å². The van der Waals surface area contributed by atoms with Crippen molar-refractivity contribution in [2.45, 2.75) is 26.2 Å². The molecule has 0 aliphatic heterocycles. The Bertz CT molecular complexity index is 639. The summed E-state index contributed by atoms with van der Waals surface area (Å²) in [4.78, 5) is 15.6. The highest BCUT2D eigenvalue weighted by Gasteiger charge is 2.04. The first-order valence-corrected chi connectivity index (χ1v) is 7.63. The SMILES string of the molecule is CC[C@@H](C)c1ccc(OCC(=O)N/N=C\c2cccnc2)cc1. The molecule has 1 amide bonds. The van der Waals surface area contributed by atoms with Gasteiger partial charge in [-0.1, -0.05) is 32.0 Å². The molecule has 5 nitrogen and oxygen atoms in total. The Morgan fingerprint density at radius 1 is 1.35 bits per heavy atom. The van der Waals surface area contributed by atoms with E-state index >= 15 is 0 Å². The minimum absolute atomic E-state index is 0.0763. The molecule has 0 unspecified atom stereocenters. The fraction of sp³-hybridized carbons (Fsp3) is 0.278. The van der Waals surface area contributed by atoms with E-state index in [4.69, 9.17) is 4.74 Å². The number of hydrazone groups is 1. The van der Waals surface area contributed by atoms with Gasteiger partial charge in [-0.2, -0.15) is 5.10 Å². The molecule has 0 fully saturated rings. The third kappa shape index (κ3) is 5.54. The van der Waals surface area contributed by atoms with Gasteiger partial charge < -0.3 is 4.74 Å². The van der Waals surface area contributed by atoms with E-state index in [1.165, 1.54) is 11.8 Å². The van der Waals surface area contributed by atoms with Gasteiger partial charge in [-0.15, -0.1) is 0 Å². The fourth-order valence-electron chi connectivity index (χ4n) is 1.94. The first kappa shape index (κ1) is 16.7. The summed E-state index contributed by atoms with van der Waals surface area (Å²) in [5.41, 5.74) is 4.50. The summed E-state index contributed by atoms with van der Waals surface area (Å²) in [6, 6.07) is 11.5. The van der Waals surface area contributed by atoms with Gasteiger partial charge in [0, 0.05) is 18.0 Å². The zero-order valence-corrected chi connectivity index (χ0v) is 13.4. The Morgan fingerprint density at radius 2 is 2.13 bits per heavy atom. The number of aromatic nitrogens is 1. The summed E-state index contributed by atoms with van der Waals surface area (Å²) in [5, 5.41) is 3.86. The number of pyridine rings is 1. The van der Waals surface area contributed by atoms with Crippen molar-refractivity contribution in [3.63, 3.8) is 0 Å². The molecule has 0 spiro atoms. The van der Waals surface area contributed by atoms with Crippen molar-refractivity contribution in [2.75, 3.05) is 6.61 Å². The maximum absolute atomic E-state index is 11.7. The van der Waals surface area contributed by atoms with Crippen LogP contribution in [0, 0.1) is 0 Å². The second-order valence-electron chi connectivity index (χ2n) is 5.25. The molecule has 0 saturated carbocycles. The maximum atomic E-state index is 11.7. The molecule has 1 aromatic heterocycles. The van der Waals surface area contributed by atoms with Crippen LogP contribution in [0.1, 0.15) is 37.3 Å². The number of amides is 1. The van der Waals surface area contributed by atoms with Crippen LogP contribution in [0.15, 0.2) is 53.9 Å². The number of nitrogens with one attached hydrogen (secondary N) is 1. The highest BCUT2D eigenvalue weighted by molar-refractivity contribution is 5.82. The first-order chi connectivity index (χ1) is 11.2. The van der Waals surface area contributed by atoms with Gasteiger partial charge in [-0.05, 0) is 36.1 Å². The number of carbonyl (C=O) groups is 1. The molecule has 2 aromatic rings.